The van der Waals surface area contributed by atoms with Crippen molar-refractivity contribution in [1.82, 2.24) is 14.5 Å². The van der Waals surface area contributed by atoms with E-state index < -0.39 is 6.10 Å². The molecule has 5 heteroatoms. The van der Waals surface area contributed by atoms with Gasteiger partial charge >= 0.3 is 0 Å². The minimum Gasteiger partial charge on any atom is -0.383 e. The molecule has 0 saturated carbocycles. The van der Waals surface area contributed by atoms with Crippen LogP contribution in [-0.4, -0.2) is 19.6 Å². The Kier molecular flexibility index (Phi) is 3.34. The van der Waals surface area contributed by atoms with Gasteiger partial charge in [-0.1, -0.05) is 0 Å². The molecule has 5 nitrogen and oxygen atoms in total. The highest BCUT2D eigenvalue weighted by molar-refractivity contribution is 5.44. The molecule has 0 amide bonds. The van der Waals surface area contributed by atoms with Gasteiger partial charge in [-0.05, 0) is 32.4 Å². The number of hydrogen-bond donors (Lipinski definition) is 2. The highest BCUT2D eigenvalue weighted by Crippen LogP contribution is 2.27. The molecule has 2 aromatic rings. The summed E-state index contributed by atoms with van der Waals surface area (Å²) in [4.78, 5) is 8.16. The largest absolute Gasteiger partial charge is 0.383 e. The number of nitrogen functional groups attached to an aromatic ring is 1. The lowest BCUT2D eigenvalue weighted by Gasteiger charge is -2.18. The summed E-state index contributed by atoms with van der Waals surface area (Å²) < 4.78 is 1.92. The van der Waals surface area contributed by atoms with Crippen LogP contribution in [0.1, 0.15) is 42.8 Å². The zero-order chi connectivity index (χ0) is 13.3. The second kappa shape index (κ2) is 4.78. The zero-order valence-corrected chi connectivity index (χ0v) is 10.8. The summed E-state index contributed by atoms with van der Waals surface area (Å²) in [5.41, 5.74) is 8.14. The third-order valence-corrected chi connectivity index (χ3v) is 2.91. The van der Waals surface area contributed by atoms with E-state index in [1.54, 1.807) is 18.7 Å². The second-order valence-electron chi connectivity index (χ2n) is 4.71. The van der Waals surface area contributed by atoms with Gasteiger partial charge in [-0.2, -0.15) is 0 Å². The van der Waals surface area contributed by atoms with Gasteiger partial charge in [0.25, 0.3) is 0 Å². The van der Waals surface area contributed by atoms with Crippen LogP contribution in [0.5, 0.6) is 0 Å². The number of aryl methyl sites for hydroxylation is 1. The van der Waals surface area contributed by atoms with Gasteiger partial charge in [0.1, 0.15) is 11.9 Å². The number of nitrogens with two attached hydrogens (primary N) is 1. The quantitative estimate of drug-likeness (QED) is 0.866. The average molecular weight is 246 g/mol. The van der Waals surface area contributed by atoms with Crippen molar-refractivity contribution in [3.63, 3.8) is 0 Å². The van der Waals surface area contributed by atoms with E-state index in [2.05, 4.69) is 9.97 Å². The van der Waals surface area contributed by atoms with E-state index in [1.165, 1.54) is 0 Å². The molecule has 0 aromatic carbocycles. The molecule has 0 aliphatic rings. The molecular formula is C13H18N4O. The van der Waals surface area contributed by atoms with E-state index in [9.17, 15) is 5.11 Å². The van der Waals surface area contributed by atoms with E-state index in [-0.39, 0.29) is 6.04 Å². The minimum absolute atomic E-state index is 0.233. The predicted octanol–water partition coefficient (Wildman–Crippen LogP) is 1.83. The first-order valence-corrected chi connectivity index (χ1v) is 5.92. The predicted molar refractivity (Wildman–Crippen MR) is 70.1 cm³/mol. The molecule has 0 aliphatic carbocycles. The Labute approximate surface area is 106 Å². The Hall–Kier alpha value is -1.88. The van der Waals surface area contributed by atoms with Crippen LogP contribution in [0.15, 0.2) is 24.8 Å². The van der Waals surface area contributed by atoms with Crippen LogP contribution in [0.2, 0.25) is 0 Å². The third-order valence-electron chi connectivity index (χ3n) is 2.91. The van der Waals surface area contributed by atoms with E-state index in [4.69, 9.17) is 5.73 Å². The van der Waals surface area contributed by atoms with E-state index >= 15 is 0 Å². The average Bonchev–Trinajstić information content (AvgIpc) is 2.80. The fourth-order valence-electron chi connectivity index (χ4n) is 1.94. The van der Waals surface area contributed by atoms with Crippen LogP contribution in [0.25, 0.3) is 0 Å². The molecule has 0 spiro atoms. The van der Waals surface area contributed by atoms with Gasteiger partial charge in [0.2, 0.25) is 0 Å². The highest BCUT2D eigenvalue weighted by atomic mass is 16.3. The van der Waals surface area contributed by atoms with Gasteiger partial charge in [-0.3, -0.25) is 0 Å². The summed E-state index contributed by atoms with van der Waals surface area (Å²) in [6.07, 6.45) is 4.25. The number of aliphatic hydroxyl groups excluding tert-OH is 1. The minimum atomic E-state index is -0.803. The zero-order valence-electron chi connectivity index (χ0n) is 10.8. The Morgan fingerprint density at radius 2 is 2.06 bits per heavy atom. The van der Waals surface area contributed by atoms with Gasteiger partial charge in [-0.15, -0.1) is 0 Å². The number of rotatable bonds is 3. The summed E-state index contributed by atoms with van der Waals surface area (Å²) in [6, 6.07) is 2.08. The van der Waals surface area contributed by atoms with Crippen LogP contribution >= 0.6 is 0 Å². The molecule has 0 aliphatic heterocycles. The maximum atomic E-state index is 10.4. The monoisotopic (exact) mass is 246 g/mol. The third kappa shape index (κ3) is 2.22. The van der Waals surface area contributed by atoms with Crippen molar-refractivity contribution in [2.24, 2.45) is 0 Å². The number of imidazole rings is 1. The van der Waals surface area contributed by atoms with Crippen LogP contribution < -0.4 is 5.73 Å². The maximum absolute atomic E-state index is 10.4. The van der Waals surface area contributed by atoms with Crippen molar-refractivity contribution in [3.05, 3.63) is 41.6 Å². The normalized spacial score (nSPS) is 12.9. The molecule has 1 unspecified atom stereocenters. The number of aliphatic hydroxyl groups is 1. The molecule has 96 valence electrons. The number of aromatic nitrogens is 3. The standard InChI is InChI=1S/C13H18N4O/c1-8(2)17-7-15-6-11(17)12(18)10-4-9(3)5-16-13(10)14/h4-8,12,18H,1-3H3,(H2,14,16). The molecule has 2 rings (SSSR count). The first-order chi connectivity index (χ1) is 8.50. The lowest BCUT2D eigenvalue weighted by molar-refractivity contribution is 0.208. The van der Waals surface area contributed by atoms with Crippen molar-refractivity contribution >= 4 is 5.82 Å². The molecule has 0 fully saturated rings. The number of anilines is 1. The molecule has 0 bridgehead atoms. The van der Waals surface area contributed by atoms with Crippen molar-refractivity contribution in [2.75, 3.05) is 5.73 Å². The first-order valence-electron chi connectivity index (χ1n) is 5.92. The molecule has 3 N–H and O–H groups in total. The van der Waals surface area contributed by atoms with Crippen molar-refractivity contribution in [2.45, 2.75) is 32.9 Å². The van der Waals surface area contributed by atoms with Gasteiger partial charge in [0.15, 0.2) is 0 Å². The number of pyridine rings is 1. The second-order valence-corrected chi connectivity index (χ2v) is 4.71. The molecular weight excluding hydrogens is 228 g/mol. The number of nitrogens with zero attached hydrogens (tertiary/aromatic N) is 3. The molecule has 0 radical (unpaired) electrons. The maximum Gasteiger partial charge on any atom is 0.129 e. The molecule has 0 saturated heterocycles. The van der Waals surface area contributed by atoms with Crippen LogP contribution in [0.3, 0.4) is 0 Å². The van der Waals surface area contributed by atoms with Gasteiger partial charge in [-0.25, -0.2) is 9.97 Å². The fraction of sp³-hybridized carbons (Fsp3) is 0.385. The van der Waals surface area contributed by atoms with Crippen LogP contribution in [0.4, 0.5) is 5.82 Å². The van der Waals surface area contributed by atoms with Gasteiger partial charge < -0.3 is 15.4 Å². The van der Waals surface area contributed by atoms with Crippen molar-refractivity contribution < 1.29 is 5.11 Å². The molecule has 18 heavy (non-hydrogen) atoms. The van der Waals surface area contributed by atoms with E-state index in [1.807, 2.05) is 31.4 Å². The lowest BCUT2D eigenvalue weighted by Crippen LogP contribution is -2.12. The van der Waals surface area contributed by atoms with Crippen molar-refractivity contribution in [3.8, 4) is 0 Å². The summed E-state index contributed by atoms with van der Waals surface area (Å²) in [5.74, 6) is 0.351. The lowest BCUT2D eigenvalue weighted by atomic mass is 10.1. The van der Waals surface area contributed by atoms with E-state index in [0.29, 0.717) is 11.4 Å². The molecule has 2 aromatic heterocycles. The Balaban J connectivity index is 2.44. The topological polar surface area (TPSA) is 77.0 Å². The van der Waals surface area contributed by atoms with E-state index in [0.717, 1.165) is 11.3 Å². The van der Waals surface area contributed by atoms with Crippen molar-refractivity contribution in [1.29, 1.82) is 0 Å². The number of hydrogen-bond acceptors (Lipinski definition) is 4. The summed E-state index contributed by atoms with van der Waals surface area (Å²) in [5, 5.41) is 10.4. The SMILES string of the molecule is Cc1cnc(N)c(C(O)c2cncn2C(C)C)c1. The van der Waals surface area contributed by atoms with Crippen LogP contribution in [-0.2, 0) is 0 Å². The summed E-state index contributed by atoms with van der Waals surface area (Å²) in [7, 11) is 0. The van der Waals surface area contributed by atoms with Gasteiger partial charge in [0.05, 0.1) is 18.2 Å². The summed E-state index contributed by atoms with van der Waals surface area (Å²) in [6.45, 7) is 5.99. The Bertz CT molecular complexity index is 548. The smallest absolute Gasteiger partial charge is 0.129 e. The van der Waals surface area contributed by atoms with Gasteiger partial charge in [0, 0.05) is 17.8 Å². The summed E-state index contributed by atoms with van der Waals surface area (Å²) >= 11 is 0. The highest BCUT2D eigenvalue weighted by Gasteiger charge is 2.19. The molecule has 1 atom stereocenters. The van der Waals surface area contributed by atoms with Crippen LogP contribution in [0, 0.1) is 6.92 Å². The molecule has 2 heterocycles. The fourth-order valence-corrected chi connectivity index (χ4v) is 1.94. The Morgan fingerprint density at radius 3 is 2.72 bits per heavy atom. The Morgan fingerprint density at radius 1 is 1.33 bits per heavy atom. The first kappa shape index (κ1) is 12.6.